The number of nitrogens with one attached hydrogen (secondary N) is 2. The number of benzene rings is 2. The molecule has 2 rings (SSSR count). The zero-order chi connectivity index (χ0) is 19.6. The molecule has 27 heavy (non-hydrogen) atoms. The van der Waals surface area contributed by atoms with Crippen molar-refractivity contribution < 1.29 is 19.1 Å². The lowest BCUT2D eigenvalue weighted by molar-refractivity contribution is -0.119. The van der Waals surface area contributed by atoms with E-state index in [9.17, 15) is 9.59 Å². The van der Waals surface area contributed by atoms with Gasteiger partial charge in [0.2, 0.25) is 5.91 Å². The number of ether oxygens (including phenoxy) is 2. The largest absolute Gasteiger partial charge is 0.494 e. The molecule has 7 heteroatoms. The minimum absolute atomic E-state index is 0.121. The number of carbonyl (C=O) groups is 2. The van der Waals surface area contributed by atoms with Gasteiger partial charge in [0.1, 0.15) is 5.75 Å². The molecule has 0 aliphatic heterocycles. The van der Waals surface area contributed by atoms with Gasteiger partial charge in [-0.2, -0.15) is 0 Å². The summed E-state index contributed by atoms with van der Waals surface area (Å²) in [4.78, 5) is 23.7. The van der Waals surface area contributed by atoms with Crippen LogP contribution in [-0.2, 0) is 9.53 Å². The SMILES string of the molecule is COC(=O)c1ccccc1NC(=S)NC(=O)CCCOc1ccc(C)cc1. The van der Waals surface area contributed by atoms with Crippen molar-refractivity contribution in [1.82, 2.24) is 5.32 Å². The molecule has 0 aliphatic carbocycles. The fraction of sp³-hybridized carbons (Fsp3) is 0.250. The van der Waals surface area contributed by atoms with E-state index >= 15 is 0 Å². The fourth-order valence-corrected chi connectivity index (χ4v) is 2.50. The first-order chi connectivity index (χ1) is 13.0. The van der Waals surface area contributed by atoms with E-state index in [2.05, 4.69) is 10.6 Å². The van der Waals surface area contributed by atoms with Crippen LogP contribution in [0.15, 0.2) is 48.5 Å². The number of hydrogen-bond donors (Lipinski definition) is 2. The second-order valence-electron chi connectivity index (χ2n) is 5.80. The molecule has 0 spiro atoms. The van der Waals surface area contributed by atoms with Gasteiger partial charge in [0, 0.05) is 6.42 Å². The number of hydrogen-bond acceptors (Lipinski definition) is 5. The van der Waals surface area contributed by atoms with Crippen LogP contribution in [-0.4, -0.2) is 30.7 Å². The van der Waals surface area contributed by atoms with Gasteiger partial charge in [0.15, 0.2) is 5.11 Å². The summed E-state index contributed by atoms with van der Waals surface area (Å²) in [6, 6.07) is 14.5. The number of esters is 1. The molecular weight excluding hydrogens is 364 g/mol. The van der Waals surface area contributed by atoms with Crippen molar-refractivity contribution in [1.29, 1.82) is 0 Å². The molecule has 0 heterocycles. The first-order valence-electron chi connectivity index (χ1n) is 8.47. The van der Waals surface area contributed by atoms with Crippen molar-refractivity contribution in [3.63, 3.8) is 0 Å². The topological polar surface area (TPSA) is 76.7 Å². The zero-order valence-electron chi connectivity index (χ0n) is 15.3. The van der Waals surface area contributed by atoms with E-state index in [1.165, 1.54) is 7.11 Å². The molecule has 6 nitrogen and oxygen atoms in total. The van der Waals surface area contributed by atoms with Crippen LogP contribution in [0.25, 0.3) is 0 Å². The molecule has 0 fully saturated rings. The maximum Gasteiger partial charge on any atom is 0.339 e. The molecule has 142 valence electrons. The highest BCUT2D eigenvalue weighted by atomic mass is 32.1. The second-order valence-corrected chi connectivity index (χ2v) is 6.21. The predicted molar refractivity (Wildman–Crippen MR) is 108 cm³/mol. The minimum Gasteiger partial charge on any atom is -0.494 e. The summed E-state index contributed by atoms with van der Waals surface area (Å²) >= 11 is 5.14. The maximum atomic E-state index is 12.0. The van der Waals surface area contributed by atoms with Gasteiger partial charge in [0.25, 0.3) is 0 Å². The van der Waals surface area contributed by atoms with Crippen molar-refractivity contribution in [2.24, 2.45) is 0 Å². The standard InChI is InChI=1S/C20H22N2O4S/c1-14-9-11-15(12-10-14)26-13-5-8-18(23)22-20(27)21-17-7-4-3-6-16(17)19(24)25-2/h3-4,6-7,9-12H,5,8,13H2,1-2H3,(H2,21,22,23,27). The van der Waals surface area contributed by atoms with Gasteiger partial charge in [-0.05, 0) is 49.8 Å². The van der Waals surface area contributed by atoms with Crippen LogP contribution in [0, 0.1) is 6.92 Å². The molecule has 0 radical (unpaired) electrons. The molecular formula is C20H22N2O4S. The third-order valence-corrected chi connectivity index (χ3v) is 3.88. The molecule has 0 bridgehead atoms. The Morgan fingerprint density at radius 2 is 1.78 bits per heavy atom. The van der Waals surface area contributed by atoms with Gasteiger partial charge < -0.3 is 20.1 Å². The lowest BCUT2D eigenvalue weighted by atomic mass is 10.2. The fourth-order valence-electron chi connectivity index (χ4n) is 2.28. The Labute approximate surface area is 163 Å². The number of rotatable bonds is 7. The van der Waals surface area contributed by atoms with Crippen LogP contribution in [0.5, 0.6) is 5.75 Å². The molecule has 2 aromatic rings. The smallest absolute Gasteiger partial charge is 0.339 e. The molecule has 2 N–H and O–H groups in total. The van der Waals surface area contributed by atoms with E-state index in [1.807, 2.05) is 31.2 Å². The second kappa shape index (κ2) is 10.3. The summed E-state index contributed by atoms with van der Waals surface area (Å²) in [7, 11) is 1.30. The maximum absolute atomic E-state index is 12.0. The molecule has 0 aliphatic rings. The number of anilines is 1. The van der Waals surface area contributed by atoms with Crippen LogP contribution in [0.1, 0.15) is 28.8 Å². The van der Waals surface area contributed by atoms with Crippen molar-refractivity contribution in [3.05, 3.63) is 59.7 Å². The number of aryl methyl sites for hydroxylation is 1. The van der Waals surface area contributed by atoms with Crippen LogP contribution in [0.2, 0.25) is 0 Å². The van der Waals surface area contributed by atoms with Crippen LogP contribution < -0.4 is 15.4 Å². The lowest BCUT2D eigenvalue weighted by Gasteiger charge is -2.12. The Morgan fingerprint density at radius 3 is 2.48 bits per heavy atom. The highest BCUT2D eigenvalue weighted by Gasteiger charge is 2.12. The molecule has 1 amide bonds. The highest BCUT2D eigenvalue weighted by Crippen LogP contribution is 2.16. The van der Waals surface area contributed by atoms with E-state index in [4.69, 9.17) is 21.7 Å². The van der Waals surface area contributed by atoms with Crippen LogP contribution in [0.3, 0.4) is 0 Å². The van der Waals surface area contributed by atoms with Crippen molar-refractivity contribution in [2.75, 3.05) is 19.0 Å². The summed E-state index contributed by atoms with van der Waals surface area (Å²) in [5.74, 6) is 0.0636. The number of carbonyl (C=O) groups excluding carboxylic acids is 2. The first kappa shape index (κ1) is 20.4. The third-order valence-electron chi connectivity index (χ3n) is 3.67. The molecule has 0 saturated heterocycles. The lowest BCUT2D eigenvalue weighted by Crippen LogP contribution is -2.34. The molecule has 2 aromatic carbocycles. The number of para-hydroxylation sites is 1. The third kappa shape index (κ3) is 6.71. The Balaban J connectivity index is 1.75. The Hall–Kier alpha value is -2.93. The number of methoxy groups -OCH3 is 1. The molecule has 0 atom stereocenters. The predicted octanol–water partition coefficient (Wildman–Crippen LogP) is 3.45. The Morgan fingerprint density at radius 1 is 1.07 bits per heavy atom. The van der Waals surface area contributed by atoms with E-state index in [-0.39, 0.29) is 17.4 Å². The van der Waals surface area contributed by atoms with E-state index < -0.39 is 5.97 Å². The van der Waals surface area contributed by atoms with E-state index in [0.717, 1.165) is 11.3 Å². The van der Waals surface area contributed by atoms with Gasteiger partial charge in [0.05, 0.1) is 25.0 Å². The Bertz CT molecular complexity index is 806. The quantitative estimate of drug-likeness (QED) is 0.431. The summed E-state index contributed by atoms with van der Waals surface area (Å²) in [6.07, 6.45) is 0.827. The highest BCUT2D eigenvalue weighted by molar-refractivity contribution is 7.80. The van der Waals surface area contributed by atoms with Crippen molar-refractivity contribution in [2.45, 2.75) is 19.8 Å². The number of thiocarbonyl (C=S) groups is 1. The first-order valence-corrected chi connectivity index (χ1v) is 8.88. The minimum atomic E-state index is -0.486. The molecule has 0 aromatic heterocycles. The molecule has 0 saturated carbocycles. The summed E-state index contributed by atoms with van der Waals surface area (Å²) in [5.41, 5.74) is 1.97. The number of amides is 1. The van der Waals surface area contributed by atoms with Crippen LogP contribution >= 0.6 is 12.2 Å². The monoisotopic (exact) mass is 386 g/mol. The Kier molecular flexibility index (Phi) is 7.76. The average molecular weight is 386 g/mol. The van der Waals surface area contributed by atoms with E-state index in [0.29, 0.717) is 24.3 Å². The molecule has 0 unspecified atom stereocenters. The van der Waals surface area contributed by atoms with E-state index in [1.54, 1.807) is 24.3 Å². The van der Waals surface area contributed by atoms with Crippen molar-refractivity contribution in [3.8, 4) is 5.75 Å². The summed E-state index contributed by atoms with van der Waals surface area (Å²) < 4.78 is 10.3. The zero-order valence-corrected chi connectivity index (χ0v) is 16.1. The normalized spacial score (nSPS) is 10.0. The van der Waals surface area contributed by atoms with Crippen molar-refractivity contribution >= 4 is 34.9 Å². The summed E-state index contributed by atoms with van der Waals surface area (Å²) in [5, 5.41) is 5.56. The van der Waals surface area contributed by atoms with Gasteiger partial charge in [-0.3, -0.25) is 4.79 Å². The van der Waals surface area contributed by atoms with Gasteiger partial charge in [-0.15, -0.1) is 0 Å². The average Bonchev–Trinajstić information content (AvgIpc) is 2.66. The van der Waals surface area contributed by atoms with Crippen LogP contribution in [0.4, 0.5) is 5.69 Å². The summed E-state index contributed by atoms with van der Waals surface area (Å²) in [6.45, 7) is 2.44. The van der Waals surface area contributed by atoms with Gasteiger partial charge in [-0.25, -0.2) is 4.79 Å². The van der Waals surface area contributed by atoms with Gasteiger partial charge >= 0.3 is 5.97 Å². The van der Waals surface area contributed by atoms with Gasteiger partial charge in [-0.1, -0.05) is 29.8 Å².